The monoisotopic (exact) mass is 411 g/mol. The molecule has 0 aliphatic rings. The molecule has 0 unspecified atom stereocenters. The number of hydrogen-bond acceptors (Lipinski definition) is 5. The van der Waals surface area contributed by atoms with E-state index in [2.05, 4.69) is 22.5 Å². The Hall–Kier alpha value is -3.32. The van der Waals surface area contributed by atoms with Crippen LogP contribution in [0.25, 0.3) is 0 Å². The fourth-order valence-electron chi connectivity index (χ4n) is 2.56. The first kappa shape index (κ1) is 23.0. The summed E-state index contributed by atoms with van der Waals surface area (Å²) in [5.74, 6) is 0.194. The van der Waals surface area contributed by atoms with Gasteiger partial charge in [-0.15, -0.1) is 0 Å². The summed E-state index contributed by atoms with van der Waals surface area (Å²) < 4.78 is 10.6. The number of para-hydroxylation sites is 2. The van der Waals surface area contributed by atoms with Crippen LogP contribution in [0.1, 0.15) is 23.7 Å². The largest absolute Gasteiger partial charge is 0.487 e. The third-order valence-electron chi connectivity index (χ3n) is 4.02. The number of amides is 2. The smallest absolute Gasteiger partial charge is 0.251 e. The Morgan fingerprint density at radius 3 is 2.67 bits per heavy atom. The van der Waals surface area contributed by atoms with Crippen LogP contribution in [-0.4, -0.2) is 45.2 Å². The van der Waals surface area contributed by atoms with Crippen LogP contribution in [0.4, 0.5) is 11.4 Å². The van der Waals surface area contributed by atoms with E-state index in [4.69, 9.17) is 9.47 Å². The third kappa shape index (κ3) is 7.97. The molecule has 0 fully saturated rings. The number of benzene rings is 2. The summed E-state index contributed by atoms with van der Waals surface area (Å²) in [7, 11) is 1.63. The molecule has 3 N–H and O–H groups in total. The van der Waals surface area contributed by atoms with Crippen LogP contribution in [0.5, 0.6) is 5.75 Å². The highest BCUT2D eigenvalue weighted by Crippen LogP contribution is 2.24. The fraction of sp³-hybridized carbons (Fsp3) is 0.304. The zero-order valence-corrected chi connectivity index (χ0v) is 17.5. The second kappa shape index (κ2) is 12.3. The molecule has 0 atom stereocenters. The molecule has 2 aromatic carbocycles. The molecule has 2 rings (SSSR count). The molecular formula is C23H29N3O4. The molecule has 2 amide bonds. The van der Waals surface area contributed by atoms with E-state index in [0.717, 1.165) is 12.0 Å². The molecule has 7 heteroatoms. The number of anilines is 2. The van der Waals surface area contributed by atoms with E-state index in [-0.39, 0.29) is 18.4 Å². The maximum atomic E-state index is 12.4. The lowest BCUT2D eigenvalue weighted by atomic mass is 10.2. The highest BCUT2D eigenvalue weighted by Gasteiger charge is 2.09. The predicted molar refractivity (Wildman–Crippen MR) is 119 cm³/mol. The molecular weight excluding hydrogens is 382 g/mol. The Bertz CT molecular complexity index is 867. The molecule has 0 radical (unpaired) electrons. The lowest BCUT2D eigenvalue weighted by molar-refractivity contribution is -0.114. The molecule has 30 heavy (non-hydrogen) atoms. The van der Waals surface area contributed by atoms with Gasteiger partial charge in [-0.1, -0.05) is 24.8 Å². The topological polar surface area (TPSA) is 88.7 Å². The number of rotatable bonds is 12. The minimum Gasteiger partial charge on any atom is -0.487 e. The Kier molecular flexibility index (Phi) is 9.40. The second-order valence-electron chi connectivity index (χ2n) is 6.83. The Morgan fingerprint density at radius 2 is 1.90 bits per heavy atom. The molecule has 0 spiro atoms. The summed E-state index contributed by atoms with van der Waals surface area (Å²) in [4.78, 5) is 24.6. The van der Waals surface area contributed by atoms with Crippen LogP contribution >= 0.6 is 0 Å². The number of hydrogen-bond donors (Lipinski definition) is 3. The average molecular weight is 412 g/mol. The normalized spacial score (nSPS) is 10.2. The summed E-state index contributed by atoms with van der Waals surface area (Å²) in [6, 6.07) is 14.2. The molecule has 0 aliphatic heterocycles. The van der Waals surface area contributed by atoms with E-state index >= 15 is 0 Å². The fourth-order valence-corrected chi connectivity index (χ4v) is 2.56. The Balaban J connectivity index is 1.88. The third-order valence-corrected chi connectivity index (χ3v) is 4.02. The van der Waals surface area contributed by atoms with Crippen LogP contribution in [0.3, 0.4) is 0 Å². The molecule has 0 aromatic heterocycles. The van der Waals surface area contributed by atoms with Crippen molar-refractivity contribution in [1.29, 1.82) is 0 Å². The minimum atomic E-state index is -0.226. The van der Waals surface area contributed by atoms with Crippen molar-refractivity contribution in [2.45, 2.75) is 13.3 Å². The maximum Gasteiger partial charge on any atom is 0.251 e. The molecule has 0 saturated heterocycles. The summed E-state index contributed by atoms with van der Waals surface area (Å²) >= 11 is 0. The Morgan fingerprint density at radius 1 is 1.10 bits per heavy atom. The second-order valence-corrected chi connectivity index (χ2v) is 6.83. The molecule has 0 bridgehead atoms. The average Bonchev–Trinajstić information content (AvgIpc) is 2.74. The molecule has 160 valence electrons. The molecule has 7 nitrogen and oxygen atoms in total. The van der Waals surface area contributed by atoms with E-state index < -0.39 is 0 Å². The van der Waals surface area contributed by atoms with E-state index in [1.807, 2.05) is 19.1 Å². The molecule has 0 heterocycles. The van der Waals surface area contributed by atoms with Crippen molar-refractivity contribution in [2.75, 3.05) is 44.0 Å². The first-order valence-electron chi connectivity index (χ1n) is 9.76. The van der Waals surface area contributed by atoms with E-state index in [9.17, 15) is 9.59 Å². The van der Waals surface area contributed by atoms with Crippen molar-refractivity contribution in [3.05, 3.63) is 66.2 Å². The molecule has 0 saturated carbocycles. The number of carbonyl (C=O) groups is 2. The zero-order chi connectivity index (χ0) is 21.8. The van der Waals surface area contributed by atoms with Gasteiger partial charge in [-0.3, -0.25) is 9.59 Å². The van der Waals surface area contributed by atoms with Gasteiger partial charge in [0.15, 0.2) is 0 Å². The van der Waals surface area contributed by atoms with Gasteiger partial charge in [-0.25, -0.2) is 0 Å². The lowest BCUT2D eigenvalue weighted by Gasteiger charge is -2.13. The van der Waals surface area contributed by atoms with Gasteiger partial charge < -0.3 is 25.4 Å². The Labute approximate surface area is 177 Å². The SMILES string of the molecule is C=C(C)COc1ccccc1NC(=O)CNc1cccc(C(=O)NCCCOC)c1. The lowest BCUT2D eigenvalue weighted by Crippen LogP contribution is -2.25. The van der Waals surface area contributed by atoms with E-state index in [1.54, 1.807) is 43.5 Å². The van der Waals surface area contributed by atoms with Crippen molar-refractivity contribution in [1.82, 2.24) is 5.32 Å². The highest BCUT2D eigenvalue weighted by atomic mass is 16.5. The van der Waals surface area contributed by atoms with Crippen LogP contribution < -0.4 is 20.7 Å². The first-order chi connectivity index (χ1) is 14.5. The summed E-state index contributed by atoms with van der Waals surface area (Å²) in [5.41, 5.74) is 2.69. The van der Waals surface area contributed by atoms with Gasteiger partial charge in [0, 0.05) is 31.5 Å². The molecule has 2 aromatic rings. The van der Waals surface area contributed by atoms with E-state index in [0.29, 0.717) is 42.4 Å². The summed E-state index contributed by atoms with van der Waals surface area (Å²) in [5, 5.41) is 8.71. The maximum absolute atomic E-state index is 12.4. The number of carbonyl (C=O) groups excluding carboxylic acids is 2. The van der Waals surface area contributed by atoms with Crippen LogP contribution in [-0.2, 0) is 9.53 Å². The standard InChI is InChI=1S/C23H29N3O4/c1-17(2)16-30-21-11-5-4-10-20(21)26-22(27)15-25-19-9-6-8-18(14-19)23(28)24-12-7-13-29-3/h4-6,8-11,14,25H,1,7,12-13,15-16H2,2-3H3,(H,24,28)(H,26,27). The van der Waals surface area contributed by atoms with Gasteiger partial charge in [0.25, 0.3) is 5.91 Å². The van der Waals surface area contributed by atoms with E-state index in [1.165, 1.54) is 0 Å². The van der Waals surface area contributed by atoms with Gasteiger partial charge in [0.1, 0.15) is 12.4 Å². The van der Waals surface area contributed by atoms with Gasteiger partial charge in [0.2, 0.25) is 5.91 Å². The summed E-state index contributed by atoms with van der Waals surface area (Å²) in [6.07, 6.45) is 0.748. The van der Waals surface area contributed by atoms with Crippen molar-refractivity contribution in [3.63, 3.8) is 0 Å². The van der Waals surface area contributed by atoms with Crippen LogP contribution in [0, 0.1) is 0 Å². The number of methoxy groups -OCH3 is 1. The summed E-state index contributed by atoms with van der Waals surface area (Å²) in [6.45, 7) is 7.25. The number of ether oxygens (including phenoxy) is 2. The van der Waals surface area contributed by atoms with Gasteiger partial charge in [-0.2, -0.15) is 0 Å². The minimum absolute atomic E-state index is 0.0493. The van der Waals surface area contributed by atoms with Gasteiger partial charge in [-0.05, 0) is 49.2 Å². The van der Waals surface area contributed by atoms with Gasteiger partial charge >= 0.3 is 0 Å². The van der Waals surface area contributed by atoms with Crippen molar-refractivity contribution < 1.29 is 19.1 Å². The quantitative estimate of drug-likeness (QED) is 0.368. The van der Waals surface area contributed by atoms with Crippen molar-refractivity contribution in [2.24, 2.45) is 0 Å². The predicted octanol–water partition coefficient (Wildman–Crippen LogP) is 3.46. The van der Waals surface area contributed by atoms with Gasteiger partial charge in [0.05, 0.1) is 12.2 Å². The van der Waals surface area contributed by atoms with Crippen molar-refractivity contribution >= 4 is 23.2 Å². The first-order valence-corrected chi connectivity index (χ1v) is 9.76. The zero-order valence-electron chi connectivity index (χ0n) is 17.5. The van der Waals surface area contributed by atoms with Crippen LogP contribution in [0.15, 0.2) is 60.7 Å². The molecule has 0 aliphatic carbocycles. The van der Waals surface area contributed by atoms with Crippen molar-refractivity contribution in [3.8, 4) is 5.75 Å². The number of nitrogens with one attached hydrogen (secondary N) is 3. The van der Waals surface area contributed by atoms with Crippen LogP contribution in [0.2, 0.25) is 0 Å². The highest BCUT2D eigenvalue weighted by molar-refractivity contribution is 5.96.